The number of ketones is 1. The summed E-state index contributed by atoms with van der Waals surface area (Å²) in [5.41, 5.74) is 1.97. The molecule has 1 aromatic rings. The van der Waals surface area contributed by atoms with Crippen LogP contribution in [-0.4, -0.2) is 70.9 Å². The number of piperidine rings is 2. The number of ether oxygens (including phenoxy) is 2. The van der Waals surface area contributed by atoms with Crippen molar-refractivity contribution in [2.45, 2.75) is 111 Å². The summed E-state index contributed by atoms with van der Waals surface area (Å²) in [6.07, 6.45) is 7.07. The first kappa shape index (κ1) is 31.6. The predicted molar refractivity (Wildman–Crippen MR) is 154 cm³/mol. The van der Waals surface area contributed by atoms with E-state index in [1.165, 1.54) is 6.42 Å². The van der Waals surface area contributed by atoms with E-state index in [1.54, 1.807) is 9.80 Å². The van der Waals surface area contributed by atoms with E-state index in [9.17, 15) is 19.2 Å². The molecule has 4 rings (SSSR count). The van der Waals surface area contributed by atoms with Gasteiger partial charge in [0.15, 0.2) is 0 Å². The zero-order valence-corrected chi connectivity index (χ0v) is 25.3. The van der Waals surface area contributed by atoms with Crippen LogP contribution in [-0.2, 0) is 19.1 Å². The lowest BCUT2D eigenvalue weighted by molar-refractivity contribution is -0.184. The Labute approximate surface area is 239 Å². The van der Waals surface area contributed by atoms with Gasteiger partial charge in [-0.1, -0.05) is 38.0 Å². The molecule has 1 unspecified atom stereocenters. The summed E-state index contributed by atoms with van der Waals surface area (Å²) in [6.45, 7) is 14.0. The highest BCUT2D eigenvalue weighted by molar-refractivity contribution is 5.98. The Balaban J connectivity index is 0.000000230. The Bertz CT molecular complexity index is 1040. The summed E-state index contributed by atoms with van der Waals surface area (Å²) in [5.74, 6) is 0.674. The van der Waals surface area contributed by atoms with E-state index in [0.29, 0.717) is 51.4 Å². The van der Waals surface area contributed by atoms with E-state index >= 15 is 0 Å². The van der Waals surface area contributed by atoms with Gasteiger partial charge in [-0.2, -0.15) is 0 Å². The van der Waals surface area contributed by atoms with Gasteiger partial charge in [0.1, 0.15) is 17.0 Å². The fourth-order valence-corrected chi connectivity index (χ4v) is 5.95. The number of likely N-dealkylation sites (tertiary alicyclic amines) is 2. The summed E-state index contributed by atoms with van der Waals surface area (Å²) < 4.78 is 11.3. The predicted octanol–water partition coefficient (Wildman–Crippen LogP) is 6.01. The topological polar surface area (TPSA) is 93.2 Å². The van der Waals surface area contributed by atoms with Gasteiger partial charge in [0.25, 0.3) is 5.91 Å². The number of benzene rings is 1. The molecule has 0 N–H and O–H groups in total. The third-order valence-corrected chi connectivity index (χ3v) is 8.23. The van der Waals surface area contributed by atoms with Crippen LogP contribution in [0.25, 0.3) is 0 Å². The van der Waals surface area contributed by atoms with E-state index in [2.05, 4.69) is 6.92 Å². The summed E-state index contributed by atoms with van der Waals surface area (Å²) in [4.78, 5) is 51.1. The van der Waals surface area contributed by atoms with Crippen LogP contribution < -0.4 is 0 Å². The van der Waals surface area contributed by atoms with Crippen molar-refractivity contribution in [3.05, 3.63) is 34.9 Å². The van der Waals surface area contributed by atoms with Crippen molar-refractivity contribution < 1.29 is 28.7 Å². The van der Waals surface area contributed by atoms with Crippen LogP contribution >= 0.6 is 0 Å². The molecular weight excluding hydrogens is 508 g/mol. The number of rotatable bonds is 4. The molecule has 8 heteroatoms. The number of carbonyl (C=O) groups excluding carboxylic acids is 4. The van der Waals surface area contributed by atoms with Crippen molar-refractivity contribution in [3.8, 4) is 0 Å². The molecular formula is C32H48N2O6. The van der Waals surface area contributed by atoms with Crippen molar-refractivity contribution in [2.24, 2.45) is 5.92 Å². The average Bonchev–Trinajstić information content (AvgIpc) is 2.88. The molecule has 3 heterocycles. The maximum Gasteiger partial charge on any atom is 0.410 e. The molecule has 40 heavy (non-hydrogen) atoms. The number of hydrogen-bond donors (Lipinski definition) is 0. The quantitative estimate of drug-likeness (QED) is 0.422. The monoisotopic (exact) mass is 556 g/mol. The van der Waals surface area contributed by atoms with E-state index < -0.39 is 5.60 Å². The molecule has 3 aliphatic rings. The lowest BCUT2D eigenvalue weighted by atomic mass is 9.73. The van der Waals surface area contributed by atoms with E-state index in [1.807, 2.05) is 52.8 Å². The van der Waals surface area contributed by atoms with Gasteiger partial charge in [-0.25, -0.2) is 4.79 Å². The molecule has 3 saturated heterocycles. The van der Waals surface area contributed by atoms with Crippen molar-refractivity contribution in [2.75, 3.05) is 26.2 Å². The van der Waals surface area contributed by atoms with Crippen LogP contribution in [0.2, 0.25) is 0 Å². The van der Waals surface area contributed by atoms with E-state index in [4.69, 9.17) is 9.47 Å². The van der Waals surface area contributed by atoms with Crippen molar-refractivity contribution in [3.63, 3.8) is 0 Å². The fraction of sp³-hybridized carbons (Fsp3) is 0.688. The summed E-state index contributed by atoms with van der Waals surface area (Å²) in [7, 11) is 0. The number of esters is 1. The highest BCUT2D eigenvalue weighted by Gasteiger charge is 2.48. The van der Waals surface area contributed by atoms with Gasteiger partial charge in [-0.15, -0.1) is 0 Å². The molecule has 0 radical (unpaired) electrons. The Morgan fingerprint density at radius 1 is 0.975 bits per heavy atom. The molecule has 0 saturated carbocycles. The normalized spacial score (nSPS) is 20.9. The van der Waals surface area contributed by atoms with Crippen LogP contribution in [0, 0.1) is 19.8 Å². The highest BCUT2D eigenvalue weighted by atomic mass is 16.6. The van der Waals surface area contributed by atoms with Crippen molar-refractivity contribution in [1.82, 2.24) is 9.80 Å². The molecule has 3 aliphatic heterocycles. The van der Waals surface area contributed by atoms with Crippen LogP contribution in [0.15, 0.2) is 18.2 Å². The zero-order valence-electron chi connectivity index (χ0n) is 25.3. The Kier molecular flexibility index (Phi) is 10.8. The second kappa shape index (κ2) is 13.6. The van der Waals surface area contributed by atoms with Crippen molar-refractivity contribution >= 4 is 23.8 Å². The smallest absolute Gasteiger partial charge is 0.410 e. The first-order valence-electron chi connectivity index (χ1n) is 14.9. The number of carbonyl (C=O) groups is 4. The largest absolute Gasteiger partial charge is 0.459 e. The molecule has 1 aromatic carbocycles. The van der Waals surface area contributed by atoms with Crippen LogP contribution in [0.5, 0.6) is 0 Å². The standard InChI is InChI=1S/C18H31NO4.C14H17NO2/c1-5-6-7-14-8-9-15(20)22-18(14)10-12-19(13-11-18)16(21)23-17(2,3)4;1-10-4-3-5-11(2)13(10)14(17)15-8-6-12(16)7-9-15/h14H,5-13H2,1-4H3;3-5H,6-9H2,1-2H3. The molecule has 1 spiro atoms. The summed E-state index contributed by atoms with van der Waals surface area (Å²) in [5, 5.41) is 0. The summed E-state index contributed by atoms with van der Waals surface area (Å²) >= 11 is 0. The van der Waals surface area contributed by atoms with E-state index in [0.717, 1.165) is 48.8 Å². The van der Waals surface area contributed by atoms with Gasteiger partial charge in [0.05, 0.1) is 0 Å². The molecule has 0 bridgehead atoms. The van der Waals surface area contributed by atoms with Crippen LogP contribution in [0.1, 0.15) is 107 Å². The minimum absolute atomic E-state index is 0.0631. The highest BCUT2D eigenvalue weighted by Crippen LogP contribution is 2.42. The maximum atomic E-state index is 12.4. The third-order valence-electron chi connectivity index (χ3n) is 8.23. The Hall–Kier alpha value is -2.90. The average molecular weight is 557 g/mol. The molecule has 0 aromatic heterocycles. The second-order valence-electron chi connectivity index (χ2n) is 12.5. The Morgan fingerprint density at radius 3 is 2.12 bits per heavy atom. The third kappa shape index (κ3) is 8.31. The van der Waals surface area contributed by atoms with Crippen LogP contribution in [0.3, 0.4) is 0 Å². The maximum absolute atomic E-state index is 12.4. The first-order valence-corrected chi connectivity index (χ1v) is 14.9. The minimum atomic E-state index is -0.479. The van der Waals surface area contributed by atoms with Gasteiger partial charge in [0, 0.05) is 63.8 Å². The van der Waals surface area contributed by atoms with Gasteiger partial charge < -0.3 is 19.3 Å². The van der Waals surface area contributed by atoms with Gasteiger partial charge in [-0.05, 0) is 64.5 Å². The van der Waals surface area contributed by atoms with Gasteiger partial charge in [0.2, 0.25) is 0 Å². The van der Waals surface area contributed by atoms with Crippen molar-refractivity contribution in [1.29, 1.82) is 0 Å². The number of aryl methyl sites for hydroxylation is 2. The number of hydrogen-bond acceptors (Lipinski definition) is 6. The number of amides is 2. The molecule has 8 nitrogen and oxygen atoms in total. The SMILES string of the molecule is CCCCC1CCC(=O)OC12CCN(C(=O)OC(C)(C)C)CC2.Cc1cccc(C)c1C(=O)N1CCC(=O)CC1. The second-order valence-corrected chi connectivity index (χ2v) is 12.5. The zero-order chi connectivity index (χ0) is 29.5. The number of Topliss-reactive ketones (excluding diaryl/α,β-unsaturated/α-hetero) is 1. The molecule has 2 amide bonds. The minimum Gasteiger partial charge on any atom is -0.459 e. The van der Waals surface area contributed by atoms with E-state index in [-0.39, 0.29) is 29.4 Å². The molecule has 222 valence electrons. The first-order chi connectivity index (χ1) is 18.8. The summed E-state index contributed by atoms with van der Waals surface area (Å²) in [6, 6.07) is 5.87. The van der Waals surface area contributed by atoms with Crippen LogP contribution in [0.4, 0.5) is 4.79 Å². The molecule has 3 fully saturated rings. The molecule has 0 aliphatic carbocycles. The molecule has 1 atom stereocenters. The van der Waals surface area contributed by atoms with Gasteiger partial charge in [-0.3, -0.25) is 14.4 Å². The Morgan fingerprint density at radius 2 is 1.57 bits per heavy atom. The fourth-order valence-electron chi connectivity index (χ4n) is 5.95. The number of nitrogens with zero attached hydrogens (tertiary/aromatic N) is 2. The number of unbranched alkanes of at least 4 members (excludes halogenated alkanes) is 1. The lowest BCUT2D eigenvalue weighted by Crippen LogP contribution is -2.55. The van der Waals surface area contributed by atoms with Gasteiger partial charge >= 0.3 is 12.1 Å². The lowest BCUT2D eigenvalue weighted by Gasteiger charge is -2.48.